The van der Waals surface area contributed by atoms with Crippen molar-refractivity contribution in [2.75, 3.05) is 0 Å². The molecule has 121 valence electrons. The molecule has 0 fully saturated rings. The molecule has 0 amide bonds. The average molecular weight is 298 g/mol. The molecule has 0 nitrogen and oxygen atoms in total. The molecule has 0 saturated heterocycles. The lowest BCUT2D eigenvalue weighted by molar-refractivity contribution is 0.534. The Morgan fingerprint density at radius 3 is 1.05 bits per heavy atom. The van der Waals surface area contributed by atoms with Crippen LogP contribution < -0.4 is 0 Å². The fraction of sp³-hybridized carbons (Fsp3) is 1.00. The van der Waals surface area contributed by atoms with E-state index >= 15 is 0 Å². The van der Waals surface area contributed by atoms with Gasteiger partial charge in [0.15, 0.2) is 0 Å². The van der Waals surface area contributed by atoms with E-state index in [-0.39, 0.29) is 8.80 Å². The molecule has 1 heteroatoms. The van der Waals surface area contributed by atoms with Crippen LogP contribution in [0.5, 0.6) is 0 Å². The molecule has 0 unspecified atom stereocenters. The summed E-state index contributed by atoms with van der Waals surface area (Å²) < 4.78 is 0. The van der Waals surface area contributed by atoms with E-state index in [1.165, 1.54) is 102 Å². The van der Waals surface area contributed by atoms with Crippen molar-refractivity contribution in [3.8, 4) is 0 Å². The maximum atomic E-state index is 2.44. The van der Waals surface area contributed by atoms with Gasteiger partial charge in [0.05, 0.1) is 0 Å². The van der Waals surface area contributed by atoms with Crippen molar-refractivity contribution < 1.29 is 0 Å². The Hall–Kier alpha value is 0.217. The minimum Gasteiger partial charge on any atom is -0.0713 e. The second-order valence-electron chi connectivity index (χ2n) is 6.91. The minimum absolute atomic E-state index is 0.0481. The summed E-state index contributed by atoms with van der Waals surface area (Å²) in [6, 6.07) is 1.53. The first-order valence-electron chi connectivity index (χ1n) is 9.56. The van der Waals surface area contributed by atoms with E-state index < -0.39 is 0 Å². The summed E-state index contributed by atoms with van der Waals surface area (Å²) in [5.41, 5.74) is 0. The summed E-state index contributed by atoms with van der Waals surface area (Å²) in [6.07, 6.45) is 22.2. The summed E-state index contributed by atoms with van der Waals surface area (Å²) >= 11 is 0. The van der Waals surface area contributed by atoms with E-state index in [0.717, 1.165) is 0 Å². The predicted octanol–water partition coefficient (Wildman–Crippen LogP) is 7.61. The van der Waals surface area contributed by atoms with Crippen molar-refractivity contribution in [2.24, 2.45) is 0 Å². The Bertz CT molecular complexity index is 165. The third kappa shape index (κ3) is 18.2. The Balaban J connectivity index is 2.92. The van der Waals surface area contributed by atoms with Crippen molar-refractivity contribution in [3.63, 3.8) is 0 Å². The van der Waals surface area contributed by atoms with Crippen molar-refractivity contribution in [1.82, 2.24) is 0 Å². The molecule has 0 rings (SSSR count). The highest BCUT2D eigenvalue weighted by Gasteiger charge is 1.96. The second kappa shape index (κ2) is 17.3. The molecule has 0 N–H and O–H groups in total. The van der Waals surface area contributed by atoms with E-state index in [1.54, 1.807) is 0 Å². The van der Waals surface area contributed by atoms with Crippen LogP contribution in [0.15, 0.2) is 0 Å². The van der Waals surface area contributed by atoms with E-state index in [4.69, 9.17) is 0 Å². The molecular weight excluding hydrogens is 256 g/mol. The first-order valence-corrected chi connectivity index (χ1v) is 12.3. The van der Waals surface area contributed by atoms with Crippen LogP contribution in [0.2, 0.25) is 19.1 Å². The Labute approximate surface area is 131 Å². The molecule has 0 aromatic heterocycles. The van der Waals surface area contributed by atoms with Crippen LogP contribution in [0.3, 0.4) is 0 Å². The Kier molecular flexibility index (Phi) is 17.5. The fourth-order valence-corrected chi connectivity index (χ4v) is 3.81. The van der Waals surface area contributed by atoms with Gasteiger partial charge in [0, 0.05) is 8.80 Å². The van der Waals surface area contributed by atoms with Crippen LogP contribution >= 0.6 is 0 Å². The van der Waals surface area contributed by atoms with Gasteiger partial charge >= 0.3 is 0 Å². The zero-order chi connectivity index (χ0) is 14.9. The van der Waals surface area contributed by atoms with Gasteiger partial charge in [-0.25, -0.2) is 0 Å². The molecule has 0 heterocycles. The zero-order valence-electron chi connectivity index (χ0n) is 14.8. The van der Waals surface area contributed by atoms with Gasteiger partial charge in [-0.3, -0.25) is 0 Å². The van der Waals surface area contributed by atoms with Gasteiger partial charge in [-0.15, -0.1) is 0 Å². The number of hydrogen-bond donors (Lipinski definition) is 0. The van der Waals surface area contributed by atoms with Gasteiger partial charge < -0.3 is 0 Å². The van der Waals surface area contributed by atoms with Crippen LogP contribution in [0.1, 0.15) is 103 Å². The topological polar surface area (TPSA) is 0 Å². The third-order valence-electron chi connectivity index (χ3n) is 4.28. The van der Waals surface area contributed by atoms with Gasteiger partial charge in [0.2, 0.25) is 0 Å². The summed E-state index contributed by atoms with van der Waals surface area (Å²) in [5.74, 6) is 0. The molecule has 0 aliphatic carbocycles. The summed E-state index contributed by atoms with van der Waals surface area (Å²) in [7, 11) is 0.0481. The highest BCUT2D eigenvalue weighted by Crippen LogP contribution is 2.14. The Morgan fingerprint density at radius 1 is 0.450 bits per heavy atom. The van der Waals surface area contributed by atoms with Crippen LogP contribution in [-0.2, 0) is 0 Å². The number of unbranched alkanes of at least 4 members (excludes halogenated alkanes) is 14. The standard InChI is InChI=1S/C19H41Si/c1-4-5-6-7-8-9-10-11-12-13-14-15-16-17-18-19-20(2)3/h4-19H2,1-3H3. The number of rotatable bonds is 16. The van der Waals surface area contributed by atoms with Crippen LogP contribution in [-0.4, -0.2) is 8.80 Å². The molecule has 0 bridgehead atoms. The normalized spacial score (nSPS) is 11.4. The van der Waals surface area contributed by atoms with E-state index in [0.29, 0.717) is 0 Å². The minimum atomic E-state index is 0.0481. The first kappa shape index (κ1) is 20.2. The first-order chi connectivity index (χ1) is 9.77. The predicted molar refractivity (Wildman–Crippen MR) is 97.2 cm³/mol. The van der Waals surface area contributed by atoms with Gasteiger partial charge in [-0.1, -0.05) is 122 Å². The highest BCUT2D eigenvalue weighted by molar-refractivity contribution is 6.55. The zero-order valence-corrected chi connectivity index (χ0v) is 15.8. The molecule has 20 heavy (non-hydrogen) atoms. The molecule has 0 aliphatic heterocycles. The summed E-state index contributed by atoms with van der Waals surface area (Å²) in [6.45, 7) is 7.18. The average Bonchev–Trinajstić information content (AvgIpc) is 2.43. The lowest BCUT2D eigenvalue weighted by Crippen LogP contribution is -1.97. The van der Waals surface area contributed by atoms with E-state index in [2.05, 4.69) is 20.0 Å². The molecule has 0 spiro atoms. The Morgan fingerprint density at radius 2 is 0.750 bits per heavy atom. The number of hydrogen-bond acceptors (Lipinski definition) is 0. The second-order valence-corrected chi connectivity index (χ2v) is 9.82. The van der Waals surface area contributed by atoms with Crippen LogP contribution in [0, 0.1) is 0 Å². The van der Waals surface area contributed by atoms with Gasteiger partial charge in [-0.05, 0) is 0 Å². The molecule has 0 saturated carbocycles. The van der Waals surface area contributed by atoms with Crippen molar-refractivity contribution in [1.29, 1.82) is 0 Å². The third-order valence-corrected chi connectivity index (χ3v) is 5.63. The molecule has 1 radical (unpaired) electrons. The quantitative estimate of drug-likeness (QED) is 0.203. The SMILES string of the molecule is CCCCCCCCCCCCCCCCC[Si](C)C. The summed E-state index contributed by atoms with van der Waals surface area (Å²) in [5, 5.41) is 0. The smallest absolute Gasteiger partial charge is 0.0412 e. The summed E-state index contributed by atoms with van der Waals surface area (Å²) in [4.78, 5) is 0. The maximum Gasteiger partial charge on any atom is 0.0412 e. The van der Waals surface area contributed by atoms with Crippen LogP contribution in [0.25, 0.3) is 0 Å². The fourth-order valence-electron chi connectivity index (χ4n) is 2.85. The monoisotopic (exact) mass is 297 g/mol. The van der Waals surface area contributed by atoms with Gasteiger partial charge in [0.1, 0.15) is 0 Å². The van der Waals surface area contributed by atoms with Gasteiger partial charge in [-0.2, -0.15) is 0 Å². The lowest BCUT2D eigenvalue weighted by atomic mass is 10.0. The maximum absolute atomic E-state index is 2.44. The lowest BCUT2D eigenvalue weighted by Gasteiger charge is -2.04. The van der Waals surface area contributed by atoms with Crippen molar-refractivity contribution in [3.05, 3.63) is 0 Å². The largest absolute Gasteiger partial charge is 0.0713 e. The van der Waals surface area contributed by atoms with Gasteiger partial charge in [0.25, 0.3) is 0 Å². The van der Waals surface area contributed by atoms with Crippen molar-refractivity contribution >= 4 is 8.80 Å². The molecule has 0 aromatic rings. The van der Waals surface area contributed by atoms with Crippen LogP contribution in [0.4, 0.5) is 0 Å². The van der Waals surface area contributed by atoms with E-state index in [9.17, 15) is 0 Å². The highest BCUT2D eigenvalue weighted by atomic mass is 28.3. The molecule has 0 aromatic carbocycles. The van der Waals surface area contributed by atoms with E-state index in [1.807, 2.05) is 0 Å². The molecule has 0 aliphatic rings. The molecule has 0 atom stereocenters. The van der Waals surface area contributed by atoms with Crippen molar-refractivity contribution in [2.45, 2.75) is 122 Å². The molecular formula is C19H41Si.